The number of furan rings is 1. The minimum Gasteiger partial charge on any atom is -0.455 e. The largest absolute Gasteiger partial charge is 0.455 e. The molecule has 0 fully saturated rings. The van der Waals surface area contributed by atoms with Crippen molar-refractivity contribution >= 4 is 43.5 Å². The second-order valence-corrected chi connectivity index (χ2v) is 12.9. The average molecular weight is 652 g/mol. The molecule has 10 rings (SSSR count). The zero-order chi connectivity index (χ0) is 33.7. The second-order valence-electron chi connectivity index (χ2n) is 12.9. The van der Waals surface area contributed by atoms with E-state index in [0.29, 0.717) is 17.5 Å². The van der Waals surface area contributed by atoms with E-state index in [2.05, 4.69) is 140 Å². The van der Waals surface area contributed by atoms with Crippen molar-refractivity contribution in [3.8, 4) is 56.4 Å². The van der Waals surface area contributed by atoms with Crippen LogP contribution < -0.4 is 0 Å². The van der Waals surface area contributed by atoms with E-state index in [-0.39, 0.29) is 0 Å². The molecule has 0 radical (unpaired) electrons. The van der Waals surface area contributed by atoms with Gasteiger partial charge in [-0.2, -0.15) is 0 Å². The molecule has 4 nitrogen and oxygen atoms in total. The molecule has 238 valence electrons. The van der Waals surface area contributed by atoms with Gasteiger partial charge in [0.05, 0.1) is 5.56 Å². The maximum absolute atomic E-state index is 6.43. The molecule has 0 N–H and O–H groups in total. The smallest absolute Gasteiger partial charge is 0.167 e. The highest BCUT2D eigenvalue weighted by molar-refractivity contribution is 6.09. The Labute approximate surface area is 294 Å². The fourth-order valence-electron chi connectivity index (χ4n) is 7.05. The summed E-state index contributed by atoms with van der Waals surface area (Å²) in [6.45, 7) is 0. The molecule has 0 amide bonds. The summed E-state index contributed by atoms with van der Waals surface area (Å²) in [4.78, 5) is 15.3. The van der Waals surface area contributed by atoms with Gasteiger partial charge in [0.1, 0.15) is 11.2 Å². The van der Waals surface area contributed by atoms with Crippen LogP contribution in [0.3, 0.4) is 0 Å². The first-order chi connectivity index (χ1) is 25.2. The lowest BCUT2D eigenvalue weighted by molar-refractivity contribution is 0.669. The van der Waals surface area contributed by atoms with E-state index in [1.807, 2.05) is 36.4 Å². The molecular weight excluding hydrogens is 623 g/mol. The van der Waals surface area contributed by atoms with E-state index in [0.717, 1.165) is 66.1 Å². The number of fused-ring (bicyclic) bond motifs is 5. The van der Waals surface area contributed by atoms with Crippen LogP contribution >= 0.6 is 0 Å². The van der Waals surface area contributed by atoms with E-state index < -0.39 is 0 Å². The molecule has 8 aromatic carbocycles. The van der Waals surface area contributed by atoms with Crippen LogP contribution in [0.25, 0.3) is 99.9 Å². The SMILES string of the molecule is c1ccc(-c2ccc(-c3nc(-c4ccc5ccc(-c6ccc7ccccc7c6)cc5c4)nc(-c4cccc5c4oc4ccccc45)n3)cc2)cc1. The fourth-order valence-corrected chi connectivity index (χ4v) is 7.05. The summed E-state index contributed by atoms with van der Waals surface area (Å²) < 4.78 is 6.43. The third-order valence-corrected chi connectivity index (χ3v) is 9.71. The molecule has 0 aliphatic rings. The van der Waals surface area contributed by atoms with E-state index in [9.17, 15) is 0 Å². The van der Waals surface area contributed by atoms with Crippen LogP contribution in [0, 0.1) is 0 Å². The van der Waals surface area contributed by atoms with Gasteiger partial charge in [-0.15, -0.1) is 0 Å². The van der Waals surface area contributed by atoms with Crippen molar-refractivity contribution in [3.63, 3.8) is 0 Å². The quantitative estimate of drug-likeness (QED) is 0.186. The topological polar surface area (TPSA) is 51.8 Å². The number of hydrogen-bond acceptors (Lipinski definition) is 4. The lowest BCUT2D eigenvalue weighted by Crippen LogP contribution is -2.00. The molecule has 0 atom stereocenters. The van der Waals surface area contributed by atoms with Crippen molar-refractivity contribution in [1.82, 2.24) is 15.0 Å². The van der Waals surface area contributed by atoms with Crippen LogP contribution in [0.5, 0.6) is 0 Å². The van der Waals surface area contributed by atoms with Gasteiger partial charge in [0.25, 0.3) is 0 Å². The molecule has 2 heterocycles. The van der Waals surface area contributed by atoms with Crippen molar-refractivity contribution in [2.75, 3.05) is 0 Å². The highest BCUT2D eigenvalue weighted by Gasteiger charge is 2.18. The highest BCUT2D eigenvalue weighted by Crippen LogP contribution is 2.36. The lowest BCUT2D eigenvalue weighted by atomic mass is 9.98. The Bertz CT molecular complexity index is 2910. The first-order valence-corrected chi connectivity index (χ1v) is 17.1. The third kappa shape index (κ3) is 5.22. The van der Waals surface area contributed by atoms with E-state index in [4.69, 9.17) is 19.4 Å². The van der Waals surface area contributed by atoms with Gasteiger partial charge in [-0.1, -0.05) is 146 Å². The summed E-state index contributed by atoms with van der Waals surface area (Å²) in [6.07, 6.45) is 0. The van der Waals surface area contributed by atoms with Gasteiger partial charge in [-0.25, -0.2) is 15.0 Å². The Morgan fingerprint density at radius 2 is 0.843 bits per heavy atom. The summed E-state index contributed by atoms with van der Waals surface area (Å²) in [5.74, 6) is 1.78. The van der Waals surface area contributed by atoms with Gasteiger partial charge in [0.2, 0.25) is 0 Å². The van der Waals surface area contributed by atoms with Crippen LogP contribution in [-0.4, -0.2) is 15.0 Å². The minimum atomic E-state index is 0.566. The number of aromatic nitrogens is 3. The van der Waals surface area contributed by atoms with E-state index in [1.54, 1.807) is 0 Å². The molecule has 2 aromatic heterocycles. The summed E-state index contributed by atoms with van der Waals surface area (Å²) in [6, 6.07) is 61.3. The maximum atomic E-state index is 6.43. The molecule has 10 aromatic rings. The van der Waals surface area contributed by atoms with Crippen LogP contribution in [0.15, 0.2) is 180 Å². The molecule has 51 heavy (non-hydrogen) atoms. The Balaban J connectivity index is 1.13. The van der Waals surface area contributed by atoms with Gasteiger partial charge in [-0.3, -0.25) is 0 Å². The summed E-state index contributed by atoms with van der Waals surface area (Å²) in [5.41, 5.74) is 8.91. The van der Waals surface area contributed by atoms with Crippen molar-refractivity contribution in [2.45, 2.75) is 0 Å². The predicted molar refractivity (Wildman–Crippen MR) is 209 cm³/mol. The summed E-state index contributed by atoms with van der Waals surface area (Å²) in [7, 11) is 0. The standard InChI is InChI=1S/C47H29N3O/c1-2-9-30(10-3-1)32-17-22-34(23-18-32)45-48-46(50-47(49-45)42-15-8-14-41-40-13-6-7-16-43(40)51-44(41)42)38-26-21-33-20-25-37(28-39(33)29-38)36-24-19-31-11-4-5-12-35(31)27-36/h1-29H. The van der Waals surface area contributed by atoms with Gasteiger partial charge in [0.15, 0.2) is 17.5 Å². The summed E-state index contributed by atoms with van der Waals surface area (Å²) >= 11 is 0. The van der Waals surface area contributed by atoms with Gasteiger partial charge < -0.3 is 4.42 Å². The second kappa shape index (κ2) is 11.9. The van der Waals surface area contributed by atoms with Crippen molar-refractivity contribution in [1.29, 1.82) is 0 Å². The number of rotatable bonds is 5. The monoisotopic (exact) mass is 651 g/mol. The molecule has 0 aliphatic heterocycles. The molecule has 0 bridgehead atoms. The van der Waals surface area contributed by atoms with Gasteiger partial charge in [0, 0.05) is 21.9 Å². The minimum absolute atomic E-state index is 0.566. The molecule has 0 saturated heterocycles. The Morgan fingerprint density at radius 1 is 0.314 bits per heavy atom. The van der Waals surface area contributed by atoms with Crippen LogP contribution in [-0.2, 0) is 0 Å². The average Bonchev–Trinajstić information content (AvgIpc) is 3.59. The van der Waals surface area contributed by atoms with Crippen molar-refractivity contribution in [2.24, 2.45) is 0 Å². The number of nitrogens with zero attached hydrogens (tertiary/aromatic N) is 3. The van der Waals surface area contributed by atoms with Gasteiger partial charge in [-0.05, 0) is 74.1 Å². The molecule has 4 heteroatoms. The predicted octanol–water partition coefficient (Wildman–Crippen LogP) is 12.4. The van der Waals surface area contributed by atoms with Crippen molar-refractivity contribution in [3.05, 3.63) is 176 Å². The van der Waals surface area contributed by atoms with E-state index >= 15 is 0 Å². The van der Waals surface area contributed by atoms with Gasteiger partial charge >= 0.3 is 0 Å². The normalized spacial score (nSPS) is 11.5. The van der Waals surface area contributed by atoms with Crippen molar-refractivity contribution < 1.29 is 4.42 Å². The van der Waals surface area contributed by atoms with E-state index in [1.165, 1.54) is 16.3 Å². The number of benzene rings is 8. The van der Waals surface area contributed by atoms with Crippen LogP contribution in [0.1, 0.15) is 0 Å². The highest BCUT2D eigenvalue weighted by atomic mass is 16.3. The first kappa shape index (κ1) is 29.0. The number of hydrogen-bond donors (Lipinski definition) is 0. The molecule has 0 aliphatic carbocycles. The Hall–Kier alpha value is -6.91. The fraction of sp³-hybridized carbons (Fsp3) is 0. The number of para-hydroxylation sites is 2. The lowest BCUT2D eigenvalue weighted by Gasteiger charge is -2.11. The third-order valence-electron chi connectivity index (χ3n) is 9.71. The zero-order valence-corrected chi connectivity index (χ0v) is 27.5. The van der Waals surface area contributed by atoms with Crippen LogP contribution in [0.4, 0.5) is 0 Å². The maximum Gasteiger partial charge on any atom is 0.167 e. The van der Waals surface area contributed by atoms with Crippen LogP contribution in [0.2, 0.25) is 0 Å². The molecule has 0 spiro atoms. The molecule has 0 unspecified atom stereocenters. The Kier molecular flexibility index (Phi) is 6.78. The first-order valence-electron chi connectivity index (χ1n) is 17.1. The summed E-state index contributed by atoms with van der Waals surface area (Å²) in [5, 5.41) is 6.83. The Morgan fingerprint density at radius 3 is 1.65 bits per heavy atom. The molecule has 0 saturated carbocycles. The molecular formula is C47H29N3O. The zero-order valence-electron chi connectivity index (χ0n) is 27.5.